The third-order valence-electron chi connectivity index (χ3n) is 3.97. The zero-order valence-electron chi connectivity index (χ0n) is 12.2. The lowest BCUT2D eigenvalue weighted by Gasteiger charge is -2.17. The predicted molar refractivity (Wildman–Crippen MR) is 78.7 cm³/mol. The number of likely N-dealkylation sites (tertiary alicyclic amines) is 1. The molecule has 9 nitrogen and oxygen atoms in total. The maximum Gasteiger partial charge on any atom is 0.254 e. The highest BCUT2D eigenvalue weighted by Gasteiger charge is 2.28. The summed E-state index contributed by atoms with van der Waals surface area (Å²) in [6.07, 6.45) is 5.86. The Morgan fingerprint density at radius 3 is 2.96 bits per heavy atom. The molecule has 23 heavy (non-hydrogen) atoms. The van der Waals surface area contributed by atoms with E-state index in [1.807, 2.05) is 27.9 Å². The van der Waals surface area contributed by atoms with Gasteiger partial charge in [0.1, 0.15) is 6.33 Å². The molecule has 1 unspecified atom stereocenters. The van der Waals surface area contributed by atoms with Crippen LogP contribution in [0.15, 0.2) is 43.0 Å². The maximum atomic E-state index is 12.7. The van der Waals surface area contributed by atoms with Crippen molar-refractivity contribution in [1.82, 2.24) is 40.1 Å². The van der Waals surface area contributed by atoms with Gasteiger partial charge in [-0.15, -0.1) is 10.2 Å². The monoisotopic (exact) mass is 310 g/mol. The van der Waals surface area contributed by atoms with Gasteiger partial charge in [-0.2, -0.15) is 0 Å². The molecule has 9 heteroatoms. The molecule has 0 N–H and O–H groups in total. The van der Waals surface area contributed by atoms with E-state index in [0.717, 1.165) is 12.1 Å². The summed E-state index contributed by atoms with van der Waals surface area (Å²) in [4.78, 5) is 14.5. The first-order valence-corrected chi connectivity index (χ1v) is 7.30. The Bertz CT molecular complexity index is 798. The molecule has 1 aliphatic rings. The number of carbonyl (C=O) groups excluding carboxylic acids is 1. The van der Waals surface area contributed by atoms with E-state index in [0.29, 0.717) is 18.7 Å². The molecule has 2 aromatic heterocycles. The molecule has 116 valence electrons. The van der Waals surface area contributed by atoms with Crippen molar-refractivity contribution >= 4 is 5.91 Å². The fraction of sp³-hybridized carbons (Fsp3) is 0.286. The lowest BCUT2D eigenvalue weighted by atomic mass is 10.2. The Morgan fingerprint density at radius 2 is 2.17 bits per heavy atom. The molecule has 1 fully saturated rings. The molecule has 3 aromatic rings. The van der Waals surface area contributed by atoms with Gasteiger partial charge in [0.15, 0.2) is 0 Å². The minimum absolute atomic E-state index is 0.00235. The van der Waals surface area contributed by atoms with Crippen molar-refractivity contribution in [2.75, 3.05) is 13.1 Å². The van der Waals surface area contributed by atoms with Crippen LogP contribution in [0.4, 0.5) is 0 Å². The lowest BCUT2D eigenvalue weighted by molar-refractivity contribution is 0.0787. The van der Waals surface area contributed by atoms with Crippen molar-refractivity contribution < 1.29 is 4.79 Å². The van der Waals surface area contributed by atoms with Crippen LogP contribution in [0.3, 0.4) is 0 Å². The lowest BCUT2D eigenvalue weighted by Crippen LogP contribution is -2.29. The number of nitrogens with zero attached hydrogens (tertiary/aromatic N) is 8. The molecule has 1 aliphatic heterocycles. The highest BCUT2D eigenvalue weighted by molar-refractivity contribution is 5.95. The molecule has 0 spiro atoms. The number of aromatic nitrogens is 7. The molecule has 3 heterocycles. The Balaban J connectivity index is 1.52. The standard InChI is InChI=1S/C14H14N8O/c23-14(20-6-4-13(9-20)21-7-5-15-18-21)11-2-1-3-12(8-11)22-10-16-17-19-22/h1-3,5,7-8,10,13H,4,6,9H2. The van der Waals surface area contributed by atoms with Crippen LogP contribution >= 0.6 is 0 Å². The van der Waals surface area contributed by atoms with Crippen LogP contribution in [0, 0.1) is 0 Å². The van der Waals surface area contributed by atoms with Crippen molar-refractivity contribution in [2.24, 2.45) is 0 Å². The summed E-state index contributed by atoms with van der Waals surface area (Å²) in [7, 11) is 0. The molecule has 1 saturated heterocycles. The van der Waals surface area contributed by atoms with Crippen molar-refractivity contribution in [3.63, 3.8) is 0 Å². The van der Waals surface area contributed by atoms with E-state index in [-0.39, 0.29) is 11.9 Å². The summed E-state index contributed by atoms with van der Waals surface area (Å²) < 4.78 is 3.34. The normalized spacial score (nSPS) is 17.6. The van der Waals surface area contributed by atoms with Gasteiger partial charge in [-0.25, -0.2) is 9.36 Å². The molecule has 0 aliphatic carbocycles. The molecule has 0 radical (unpaired) electrons. The largest absolute Gasteiger partial charge is 0.336 e. The summed E-state index contributed by atoms with van der Waals surface area (Å²) in [5, 5.41) is 18.9. The summed E-state index contributed by atoms with van der Waals surface area (Å²) in [5.41, 5.74) is 1.38. The second-order valence-electron chi connectivity index (χ2n) is 5.38. The first-order valence-electron chi connectivity index (χ1n) is 7.30. The number of tetrazole rings is 1. The van der Waals surface area contributed by atoms with E-state index in [1.54, 1.807) is 18.3 Å². The van der Waals surface area contributed by atoms with Crippen molar-refractivity contribution in [3.05, 3.63) is 48.5 Å². The number of rotatable bonds is 3. The third kappa shape index (κ3) is 2.56. The zero-order valence-corrected chi connectivity index (χ0v) is 12.2. The molecular weight excluding hydrogens is 296 g/mol. The van der Waals surface area contributed by atoms with Crippen LogP contribution in [-0.4, -0.2) is 59.1 Å². The van der Waals surface area contributed by atoms with E-state index in [4.69, 9.17) is 0 Å². The number of amides is 1. The Morgan fingerprint density at radius 1 is 1.22 bits per heavy atom. The average Bonchev–Trinajstić information content (AvgIpc) is 3.36. The fourth-order valence-electron chi connectivity index (χ4n) is 2.80. The molecule has 1 amide bonds. The van der Waals surface area contributed by atoms with Gasteiger partial charge in [-0.3, -0.25) is 4.79 Å². The van der Waals surface area contributed by atoms with Gasteiger partial charge in [0, 0.05) is 24.8 Å². The second kappa shape index (κ2) is 5.59. The number of hydrogen-bond acceptors (Lipinski definition) is 6. The second-order valence-corrected chi connectivity index (χ2v) is 5.38. The van der Waals surface area contributed by atoms with Crippen LogP contribution in [0.2, 0.25) is 0 Å². The smallest absolute Gasteiger partial charge is 0.254 e. The van der Waals surface area contributed by atoms with E-state index >= 15 is 0 Å². The number of benzene rings is 1. The van der Waals surface area contributed by atoms with Gasteiger partial charge < -0.3 is 4.90 Å². The van der Waals surface area contributed by atoms with Crippen molar-refractivity contribution in [3.8, 4) is 5.69 Å². The first kappa shape index (κ1) is 13.6. The highest BCUT2D eigenvalue weighted by Crippen LogP contribution is 2.22. The van der Waals surface area contributed by atoms with Crippen molar-refractivity contribution in [2.45, 2.75) is 12.5 Å². The minimum atomic E-state index is 0.00235. The molecule has 0 bridgehead atoms. The van der Waals surface area contributed by atoms with Gasteiger partial charge in [0.05, 0.1) is 17.9 Å². The number of hydrogen-bond donors (Lipinski definition) is 0. The molecule has 0 saturated carbocycles. The Labute approximate surface area is 131 Å². The van der Waals surface area contributed by atoms with Crippen LogP contribution < -0.4 is 0 Å². The summed E-state index contributed by atoms with van der Waals surface area (Å²) in [6.45, 7) is 1.34. The van der Waals surface area contributed by atoms with Crippen LogP contribution in [0.25, 0.3) is 5.69 Å². The SMILES string of the molecule is O=C(c1cccc(-n2cnnn2)c1)N1CCC(n2ccnn2)C1. The van der Waals surface area contributed by atoms with Gasteiger partial charge >= 0.3 is 0 Å². The highest BCUT2D eigenvalue weighted by atomic mass is 16.2. The van der Waals surface area contributed by atoms with E-state index in [9.17, 15) is 4.79 Å². The van der Waals surface area contributed by atoms with Crippen LogP contribution in [0.1, 0.15) is 22.8 Å². The first-order chi connectivity index (χ1) is 11.3. The maximum absolute atomic E-state index is 12.7. The fourth-order valence-corrected chi connectivity index (χ4v) is 2.80. The van der Waals surface area contributed by atoms with Gasteiger partial charge in [-0.1, -0.05) is 11.3 Å². The van der Waals surface area contributed by atoms with Gasteiger partial charge in [0.25, 0.3) is 5.91 Å². The summed E-state index contributed by atoms with van der Waals surface area (Å²) in [6, 6.07) is 7.47. The van der Waals surface area contributed by atoms with E-state index in [2.05, 4.69) is 25.8 Å². The van der Waals surface area contributed by atoms with Crippen molar-refractivity contribution in [1.29, 1.82) is 0 Å². The Hall–Kier alpha value is -3.10. The molecule has 4 rings (SSSR count). The van der Waals surface area contributed by atoms with Gasteiger partial charge in [-0.05, 0) is 35.0 Å². The quantitative estimate of drug-likeness (QED) is 0.692. The zero-order chi connectivity index (χ0) is 15.6. The third-order valence-corrected chi connectivity index (χ3v) is 3.97. The molecular formula is C14H14N8O. The van der Waals surface area contributed by atoms with Crippen LogP contribution in [0.5, 0.6) is 0 Å². The van der Waals surface area contributed by atoms with Crippen LogP contribution in [-0.2, 0) is 0 Å². The Kier molecular flexibility index (Phi) is 3.30. The average molecular weight is 310 g/mol. The van der Waals surface area contributed by atoms with E-state index < -0.39 is 0 Å². The summed E-state index contributed by atoms with van der Waals surface area (Å²) in [5.74, 6) is 0.00235. The predicted octanol–water partition coefficient (Wildman–Crippen LogP) is 0.341. The minimum Gasteiger partial charge on any atom is -0.336 e. The van der Waals surface area contributed by atoms with E-state index in [1.165, 1.54) is 11.0 Å². The molecule has 1 atom stereocenters. The summed E-state index contributed by atoms with van der Waals surface area (Å²) >= 11 is 0. The topological polar surface area (TPSA) is 94.6 Å². The van der Waals surface area contributed by atoms with Gasteiger partial charge in [0.2, 0.25) is 0 Å². The molecule has 1 aromatic carbocycles. The number of carbonyl (C=O) groups is 1.